The molecule has 1 aliphatic rings. The lowest BCUT2D eigenvalue weighted by Crippen LogP contribution is -1.92. The molecule has 0 fully saturated rings. The van der Waals surface area contributed by atoms with E-state index in [1.165, 1.54) is 99.1 Å². The van der Waals surface area contributed by atoms with Crippen LogP contribution in [0.5, 0.6) is 0 Å². The minimum atomic E-state index is 1.23. The lowest BCUT2D eigenvalue weighted by Gasteiger charge is -2.19. The number of hydrogen-bond donors (Lipinski definition) is 0. The summed E-state index contributed by atoms with van der Waals surface area (Å²) in [6.45, 7) is 0. The molecule has 0 aliphatic heterocycles. The first kappa shape index (κ1) is 26.9. The molecule has 0 aromatic heterocycles. The van der Waals surface area contributed by atoms with Gasteiger partial charge in [0, 0.05) is 0 Å². The second kappa shape index (κ2) is 10.7. The van der Waals surface area contributed by atoms with Crippen LogP contribution < -0.4 is 0 Å². The first-order valence-electron chi connectivity index (χ1n) is 16.7. The van der Waals surface area contributed by atoms with Gasteiger partial charge in [-0.05, 0) is 111 Å². The van der Waals surface area contributed by atoms with Crippen LogP contribution in [0.15, 0.2) is 182 Å². The third-order valence-corrected chi connectivity index (χ3v) is 10.2. The number of fused-ring (bicyclic) bond motifs is 7. The largest absolute Gasteiger partial charge is 0.0622 e. The van der Waals surface area contributed by atoms with Gasteiger partial charge in [0.25, 0.3) is 0 Å². The Kier molecular flexibility index (Phi) is 5.98. The Hall–Kier alpha value is -6.24. The Balaban J connectivity index is 1.27. The molecule has 48 heavy (non-hydrogen) atoms. The zero-order valence-corrected chi connectivity index (χ0v) is 26.3. The molecule has 0 heteroatoms. The van der Waals surface area contributed by atoms with Crippen molar-refractivity contribution in [3.05, 3.63) is 182 Å². The molecule has 0 saturated heterocycles. The molecule has 9 aromatic rings. The van der Waals surface area contributed by atoms with E-state index in [9.17, 15) is 0 Å². The van der Waals surface area contributed by atoms with Crippen LogP contribution in [-0.4, -0.2) is 0 Å². The summed E-state index contributed by atoms with van der Waals surface area (Å²) in [5.74, 6) is 0. The first-order chi connectivity index (χ1) is 23.8. The van der Waals surface area contributed by atoms with Gasteiger partial charge in [0.2, 0.25) is 0 Å². The van der Waals surface area contributed by atoms with E-state index < -0.39 is 0 Å². The van der Waals surface area contributed by atoms with Gasteiger partial charge in [0.15, 0.2) is 0 Å². The molecule has 10 rings (SSSR count). The van der Waals surface area contributed by atoms with Gasteiger partial charge < -0.3 is 0 Å². The van der Waals surface area contributed by atoms with E-state index in [0.29, 0.717) is 0 Å². The van der Waals surface area contributed by atoms with Crippen LogP contribution in [0.2, 0.25) is 0 Å². The third kappa shape index (κ3) is 4.03. The molecule has 0 radical (unpaired) electrons. The van der Waals surface area contributed by atoms with Crippen molar-refractivity contribution >= 4 is 32.3 Å². The molecule has 1 aliphatic carbocycles. The summed E-state index contributed by atoms with van der Waals surface area (Å²) >= 11 is 0. The monoisotopic (exact) mass is 606 g/mol. The van der Waals surface area contributed by atoms with Gasteiger partial charge in [-0.15, -0.1) is 0 Å². The van der Waals surface area contributed by atoms with Gasteiger partial charge in [-0.3, -0.25) is 0 Å². The van der Waals surface area contributed by atoms with Gasteiger partial charge in [-0.25, -0.2) is 0 Å². The van der Waals surface area contributed by atoms with Crippen molar-refractivity contribution < 1.29 is 0 Å². The average molecular weight is 607 g/mol. The van der Waals surface area contributed by atoms with Crippen molar-refractivity contribution in [2.24, 2.45) is 0 Å². The second-order valence-electron chi connectivity index (χ2n) is 12.8. The van der Waals surface area contributed by atoms with E-state index in [-0.39, 0.29) is 0 Å². The lowest BCUT2D eigenvalue weighted by molar-refractivity contribution is 1.60. The molecule has 0 unspecified atom stereocenters. The summed E-state index contributed by atoms with van der Waals surface area (Å²) in [6.07, 6.45) is 0. The predicted molar refractivity (Wildman–Crippen MR) is 205 cm³/mol. The van der Waals surface area contributed by atoms with E-state index in [4.69, 9.17) is 0 Å². The molecule has 0 atom stereocenters. The maximum absolute atomic E-state index is 2.45. The zero-order valence-electron chi connectivity index (χ0n) is 26.3. The standard InChI is InChI=1S/C48H30/c1-2-13-31(14-3-1)33-17-10-18-34(29-33)47-40-21-6-8-23-42(40)48(43-24-9-7-22-41(43)47)35-27-28-38-36-19-4-5-20-37(36)39-25-11-15-32-16-12-26-44(46(32)39)45(38)30-35/h1-30H. The summed E-state index contributed by atoms with van der Waals surface area (Å²) in [6, 6.07) is 67.1. The average Bonchev–Trinajstić information content (AvgIpc) is 3.28. The molecule has 0 heterocycles. The van der Waals surface area contributed by atoms with Crippen molar-refractivity contribution in [1.82, 2.24) is 0 Å². The lowest BCUT2D eigenvalue weighted by atomic mass is 9.84. The van der Waals surface area contributed by atoms with Crippen LogP contribution >= 0.6 is 0 Å². The number of rotatable bonds is 3. The first-order valence-corrected chi connectivity index (χ1v) is 16.7. The van der Waals surface area contributed by atoms with Crippen LogP contribution in [-0.2, 0) is 0 Å². The van der Waals surface area contributed by atoms with Crippen LogP contribution in [0.1, 0.15) is 0 Å². The highest BCUT2D eigenvalue weighted by molar-refractivity contribution is 6.22. The van der Waals surface area contributed by atoms with E-state index in [2.05, 4.69) is 182 Å². The molecule has 0 bridgehead atoms. The van der Waals surface area contributed by atoms with E-state index >= 15 is 0 Å². The maximum Gasteiger partial charge on any atom is -0.00261 e. The van der Waals surface area contributed by atoms with Gasteiger partial charge in [0.05, 0.1) is 0 Å². The smallest absolute Gasteiger partial charge is 0.00261 e. The van der Waals surface area contributed by atoms with Crippen molar-refractivity contribution in [3.63, 3.8) is 0 Å². The van der Waals surface area contributed by atoms with Gasteiger partial charge in [-0.1, -0.05) is 170 Å². The van der Waals surface area contributed by atoms with Crippen LogP contribution in [0.25, 0.3) is 99.1 Å². The van der Waals surface area contributed by atoms with E-state index in [1.54, 1.807) is 0 Å². The van der Waals surface area contributed by atoms with Crippen molar-refractivity contribution in [2.45, 2.75) is 0 Å². The number of hydrogen-bond acceptors (Lipinski definition) is 0. The SMILES string of the molecule is c1ccc(-c2cccc(-c3c4ccccc4c(-c4ccc5c(c4)-c4cccc6cccc(c46)-c4ccccc4-5)c4ccccc34)c2)cc1. The Bertz CT molecular complexity index is 2650. The molecular weight excluding hydrogens is 577 g/mol. The number of benzene rings is 9. The second-order valence-corrected chi connectivity index (χ2v) is 12.8. The predicted octanol–water partition coefficient (Wildman–Crippen LogP) is 13.5. The quantitative estimate of drug-likeness (QED) is 0.176. The van der Waals surface area contributed by atoms with Crippen molar-refractivity contribution in [3.8, 4) is 66.8 Å². The molecule has 0 spiro atoms. The molecule has 0 N–H and O–H groups in total. The molecule has 0 amide bonds. The summed E-state index contributed by atoms with van der Waals surface area (Å²) in [5.41, 5.74) is 15.2. The van der Waals surface area contributed by atoms with Crippen LogP contribution in [0.3, 0.4) is 0 Å². The van der Waals surface area contributed by atoms with Crippen LogP contribution in [0.4, 0.5) is 0 Å². The summed E-state index contributed by atoms with van der Waals surface area (Å²) < 4.78 is 0. The summed E-state index contributed by atoms with van der Waals surface area (Å²) in [4.78, 5) is 0. The van der Waals surface area contributed by atoms with E-state index in [1.807, 2.05) is 0 Å². The van der Waals surface area contributed by atoms with Crippen molar-refractivity contribution in [2.75, 3.05) is 0 Å². The fourth-order valence-corrected chi connectivity index (χ4v) is 8.14. The van der Waals surface area contributed by atoms with Gasteiger partial charge in [-0.2, -0.15) is 0 Å². The molecule has 9 aromatic carbocycles. The minimum Gasteiger partial charge on any atom is -0.0622 e. The molecular formula is C48H30. The summed E-state index contributed by atoms with van der Waals surface area (Å²) in [7, 11) is 0. The molecule has 0 saturated carbocycles. The van der Waals surface area contributed by atoms with Crippen molar-refractivity contribution in [1.29, 1.82) is 0 Å². The Morgan fingerprint density at radius 2 is 0.667 bits per heavy atom. The van der Waals surface area contributed by atoms with Gasteiger partial charge in [0.1, 0.15) is 0 Å². The Morgan fingerprint density at radius 3 is 1.31 bits per heavy atom. The highest BCUT2D eigenvalue weighted by atomic mass is 14.3. The fraction of sp³-hybridized carbons (Fsp3) is 0. The minimum absolute atomic E-state index is 1.23. The van der Waals surface area contributed by atoms with E-state index in [0.717, 1.165) is 0 Å². The topological polar surface area (TPSA) is 0 Å². The highest BCUT2D eigenvalue weighted by Gasteiger charge is 2.23. The zero-order chi connectivity index (χ0) is 31.6. The summed E-state index contributed by atoms with van der Waals surface area (Å²) in [5, 5.41) is 7.67. The normalized spacial score (nSPS) is 11.8. The molecule has 0 nitrogen and oxygen atoms in total. The Labute approximate surface area is 280 Å². The third-order valence-electron chi connectivity index (χ3n) is 10.2. The molecule has 222 valence electrons. The van der Waals surface area contributed by atoms with Crippen LogP contribution in [0, 0.1) is 0 Å². The highest BCUT2D eigenvalue weighted by Crippen LogP contribution is 2.50. The van der Waals surface area contributed by atoms with Gasteiger partial charge >= 0.3 is 0 Å². The maximum atomic E-state index is 2.45. The fourth-order valence-electron chi connectivity index (χ4n) is 8.14. The Morgan fingerprint density at radius 1 is 0.229 bits per heavy atom.